The lowest BCUT2D eigenvalue weighted by Gasteiger charge is -2.37. The van der Waals surface area contributed by atoms with E-state index in [1.807, 2.05) is 0 Å². The summed E-state index contributed by atoms with van der Waals surface area (Å²) in [6.45, 7) is 1.63. The molecule has 0 radical (unpaired) electrons. The summed E-state index contributed by atoms with van der Waals surface area (Å²) in [6.07, 6.45) is 13.5. The van der Waals surface area contributed by atoms with Crippen LogP contribution in [0.25, 0.3) is 5.57 Å². The zero-order chi connectivity index (χ0) is 19.6. The molecule has 3 aliphatic rings. The number of aromatic nitrogens is 2. The fraction of sp³-hybridized carbons (Fsp3) is 0.333. The molecule has 1 saturated heterocycles. The molecule has 5 nitrogen and oxygen atoms in total. The van der Waals surface area contributed by atoms with E-state index in [-0.39, 0.29) is 6.10 Å². The Hall–Kier alpha value is -2.92. The van der Waals surface area contributed by atoms with Gasteiger partial charge in [0.05, 0.1) is 12.6 Å². The first-order chi connectivity index (χ1) is 14.3. The third-order valence-corrected chi connectivity index (χ3v) is 5.97. The zero-order valence-corrected chi connectivity index (χ0v) is 16.6. The summed E-state index contributed by atoms with van der Waals surface area (Å²) < 4.78 is 6.01. The second kappa shape index (κ2) is 7.84. The molecule has 1 unspecified atom stereocenters. The van der Waals surface area contributed by atoms with Crippen LogP contribution in [0.4, 0.5) is 11.6 Å². The van der Waals surface area contributed by atoms with E-state index in [0.29, 0.717) is 5.82 Å². The second-order valence-corrected chi connectivity index (χ2v) is 7.84. The van der Waals surface area contributed by atoms with Gasteiger partial charge in [0.1, 0.15) is 18.0 Å². The van der Waals surface area contributed by atoms with Gasteiger partial charge in [-0.25, -0.2) is 9.97 Å². The molecule has 5 heteroatoms. The number of rotatable bonds is 4. The molecular weight excluding hydrogens is 360 g/mol. The maximum absolute atomic E-state index is 6.32. The van der Waals surface area contributed by atoms with E-state index in [4.69, 9.17) is 10.5 Å². The van der Waals surface area contributed by atoms with Crippen LogP contribution in [-0.2, 0) is 11.2 Å². The molecule has 2 aliphatic heterocycles. The number of benzene rings is 1. The summed E-state index contributed by atoms with van der Waals surface area (Å²) >= 11 is 0. The van der Waals surface area contributed by atoms with Crippen LogP contribution in [0.3, 0.4) is 0 Å². The number of fused-ring (bicyclic) bond motifs is 1. The molecule has 0 spiro atoms. The number of hydrogen-bond donors (Lipinski definition) is 1. The minimum atomic E-state index is 0.212. The molecule has 3 heterocycles. The van der Waals surface area contributed by atoms with E-state index < -0.39 is 0 Å². The van der Waals surface area contributed by atoms with Gasteiger partial charge in [0.25, 0.3) is 0 Å². The van der Waals surface area contributed by atoms with Crippen molar-refractivity contribution in [2.75, 3.05) is 23.8 Å². The molecule has 2 N–H and O–H groups in total. The van der Waals surface area contributed by atoms with E-state index in [1.54, 1.807) is 6.33 Å². The van der Waals surface area contributed by atoms with Crippen molar-refractivity contribution in [1.29, 1.82) is 0 Å². The molecule has 1 aromatic carbocycles. The number of ether oxygens (including phenoxy) is 1. The number of nitrogens with zero attached hydrogens (tertiary/aromatic N) is 3. The van der Waals surface area contributed by atoms with Crippen LogP contribution in [-0.4, -0.2) is 29.2 Å². The molecule has 0 bridgehead atoms. The lowest BCUT2D eigenvalue weighted by molar-refractivity contribution is 0.116. The highest BCUT2D eigenvalue weighted by molar-refractivity contribution is 5.84. The normalized spacial score (nSPS) is 21.3. The predicted octanol–water partition coefficient (Wildman–Crippen LogP) is 4.29. The van der Waals surface area contributed by atoms with Crippen molar-refractivity contribution in [2.45, 2.75) is 38.2 Å². The molecule has 0 amide bonds. The quantitative estimate of drug-likeness (QED) is 0.849. The minimum Gasteiger partial charge on any atom is -0.383 e. The number of nitrogen functional groups attached to an aromatic ring is 1. The summed E-state index contributed by atoms with van der Waals surface area (Å²) in [4.78, 5) is 11.3. The summed E-state index contributed by atoms with van der Waals surface area (Å²) in [5, 5.41) is 0. The Kier molecular flexibility index (Phi) is 4.90. The van der Waals surface area contributed by atoms with Gasteiger partial charge in [-0.05, 0) is 42.4 Å². The molecule has 148 valence electrons. The average Bonchev–Trinajstić information content (AvgIpc) is 3.28. The molecule has 0 saturated carbocycles. The Morgan fingerprint density at radius 3 is 2.83 bits per heavy atom. The first kappa shape index (κ1) is 18.1. The van der Waals surface area contributed by atoms with E-state index in [1.165, 1.54) is 22.4 Å². The Morgan fingerprint density at radius 2 is 2.07 bits per heavy atom. The molecule has 1 aromatic heterocycles. The minimum absolute atomic E-state index is 0.212. The van der Waals surface area contributed by atoms with Crippen LogP contribution in [0, 0.1) is 0 Å². The molecule has 1 fully saturated rings. The van der Waals surface area contributed by atoms with Gasteiger partial charge >= 0.3 is 0 Å². The standard InChI is InChI=1S/C24H26N4O/c25-23-21-14-20(17-8-3-1-4-9-17)22(18-10-5-2-6-11-18)28(24(21)27-16-26-23)15-19-12-7-13-29-19/h1-5,8-10,16,19H,6-7,11-15H2,(H2,25,26,27). The average molecular weight is 386 g/mol. The molecular formula is C24H26N4O. The first-order valence-corrected chi connectivity index (χ1v) is 10.4. The van der Waals surface area contributed by atoms with Crippen LogP contribution < -0.4 is 10.6 Å². The summed E-state index contributed by atoms with van der Waals surface area (Å²) in [5.74, 6) is 1.50. The lowest BCUT2D eigenvalue weighted by atomic mass is 9.87. The lowest BCUT2D eigenvalue weighted by Crippen LogP contribution is -2.37. The van der Waals surface area contributed by atoms with Crippen molar-refractivity contribution >= 4 is 17.2 Å². The Labute approximate surface area is 171 Å². The first-order valence-electron chi connectivity index (χ1n) is 10.4. The fourth-order valence-corrected chi connectivity index (χ4v) is 4.56. The van der Waals surface area contributed by atoms with Crippen LogP contribution in [0.15, 0.2) is 66.2 Å². The van der Waals surface area contributed by atoms with E-state index in [9.17, 15) is 0 Å². The van der Waals surface area contributed by atoms with Gasteiger partial charge in [-0.2, -0.15) is 0 Å². The summed E-state index contributed by atoms with van der Waals surface area (Å²) in [6, 6.07) is 10.6. The van der Waals surface area contributed by atoms with Crippen molar-refractivity contribution in [2.24, 2.45) is 0 Å². The largest absolute Gasteiger partial charge is 0.383 e. The van der Waals surface area contributed by atoms with Gasteiger partial charge in [-0.15, -0.1) is 0 Å². The highest BCUT2D eigenvalue weighted by Crippen LogP contribution is 2.42. The smallest absolute Gasteiger partial charge is 0.142 e. The van der Waals surface area contributed by atoms with Crippen molar-refractivity contribution in [1.82, 2.24) is 9.97 Å². The van der Waals surface area contributed by atoms with Gasteiger partial charge in [0.15, 0.2) is 0 Å². The number of hydrogen-bond acceptors (Lipinski definition) is 5. The molecule has 5 rings (SSSR count). The maximum Gasteiger partial charge on any atom is 0.142 e. The Bertz CT molecular complexity index is 987. The highest BCUT2D eigenvalue weighted by atomic mass is 16.5. The van der Waals surface area contributed by atoms with Gasteiger partial charge in [0, 0.05) is 24.3 Å². The van der Waals surface area contributed by atoms with Crippen molar-refractivity contribution in [3.05, 3.63) is 77.3 Å². The van der Waals surface area contributed by atoms with Gasteiger partial charge in [0.2, 0.25) is 0 Å². The fourth-order valence-electron chi connectivity index (χ4n) is 4.56. The molecule has 1 aliphatic carbocycles. The van der Waals surface area contributed by atoms with Crippen LogP contribution in [0.5, 0.6) is 0 Å². The van der Waals surface area contributed by atoms with Gasteiger partial charge < -0.3 is 15.4 Å². The molecule has 29 heavy (non-hydrogen) atoms. The molecule has 1 atom stereocenters. The predicted molar refractivity (Wildman–Crippen MR) is 116 cm³/mol. The number of nitrogens with two attached hydrogens (primary N) is 1. The van der Waals surface area contributed by atoms with Gasteiger partial charge in [-0.3, -0.25) is 0 Å². The third-order valence-electron chi connectivity index (χ3n) is 5.97. The molecule has 2 aromatic rings. The van der Waals surface area contributed by atoms with Crippen LogP contribution in [0.2, 0.25) is 0 Å². The number of allylic oxidation sites excluding steroid dienone is 5. The van der Waals surface area contributed by atoms with E-state index in [2.05, 4.69) is 63.4 Å². The third kappa shape index (κ3) is 3.47. The van der Waals surface area contributed by atoms with E-state index >= 15 is 0 Å². The summed E-state index contributed by atoms with van der Waals surface area (Å²) in [5.41, 5.74) is 12.5. The van der Waals surface area contributed by atoms with Crippen LogP contribution in [0.1, 0.15) is 36.8 Å². The van der Waals surface area contributed by atoms with Gasteiger partial charge in [-0.1, -0.05) is 48.6 Å². The number of anilines is 2. The van der Waals surface area contributed by atoms with E-state index in [0.717, 1.165) is 56.6 Å². The zero-order valence-electron chi connectivity index (χ0n) is 16.6. The highest BCUT2D eigenvalue weighted by Gasteiger charge is 2.33. The van der Waals surface area contributed by atoms with Crippen molar-refractivity contribution in [3.8, 4) is 0 Å². The van der Waals surface area contributed by atoms with Crippen LogP contribution >= 0.6 is 0 Å². The summed E-state index contributed by atoms with van der Waals surface area (Å²) in [7, 11) is 0. The second-order valence-electron chi connectivity index (χ2n) is 7.84. The van der Waals surface area contributed by atoms with Crippen molar-refractivity contribution in [3.63, 3.8) is 0 Å². The maximum atomic E-state index is 6.32. The monoisotopic (exact) mass is 386 g/mol. The Morgan fingerprint density at radius 1 is 1.17 bits per heavy atom. The topological polar surface area (TPSA) is 64.3 Å². The Balaban J connectivity index is 1.70. The van der Waals surface area contributed by atoms with Crippen molar-refractivity contribution < 1.29 is 4.74 Å². The SMILES string of the molecule is Nc1ncnc2c1CC(c1ccccc1)=C(C1=CC=CCC1)N2CC1CCCO1.